The van der Waals surface area contributed by atoms with Gasteiger partial charge in [-0.05, 0) is 36.8 Å². The van der Waals surface area contributed by atoms with Gasteiger partial charge in [-0.15, -0.1) is 0 Å². The van der Waals surface area contributed by atoms with E-state index in [0.717, 1.165) is 5.56 Å². The van der Waals surface area contributed by atoms with Crippen molar-refractivity contribution in [1.29, 1.82) is 0 Å². The van der Waals surface area contributed by atoms with Crippen LogP contribution in [0, 0.1) is 12.7 Å². The largest absolute Gasteiger partial charge is 0.492 e. The van der Waals surface area contributed by atoms with Crippen LogP contribution in [0.5, 0.6) is 11.5 Å². The molecule has 26 heavy (non-hydrogen) atoms. The Morgan fingerprint density at radius 3 is 2.42 bits per heavy atom. The number of furan rings is 1. The molecule has 0 fully saturated rings. The number of rotatable bonds is 6. The Labute approximate surface area is 150 Å². The fraction of sp³-hybridized carbons (Fsp3) is 0.200. The zero-order chi connectivity index (χ0) is 18.7. The minimum absolute atomic E-state index is 0.174. The summed E-state index contributed by atoms with van der Waals surface area (Å²) in [4.78, 5) is 17.0. The first-order chi connectivity index (χ1) is 12.5. The van der Waals surface area contributed by atoms with Gasteiger partial charge in [0.2, 0.25) is 5.78 Å². The molecule has 0 bridgehead atoms. The third-order valence-electron chi connectivity index (χ3n) is 4.00. The second-order valence-electron chi connectivity index (χ2n) is 5.72. The van der Waals surface area contributed by atoms with Crippen molar-refractivity contribution in [1.82, 2.24) is 4.98 Å². The lowest BCUT2D eigenvalue weighted by atomic mass is 10.1. The van der Waals surface area contributed by atoms with Gasteiger partial charge in [0.1, 0.15) is 11.6 Å². The van der Waals surface area contributed by atoms with E-state index in [1.807, 2.05) is 0 Å². The van der Waals surface area contributed by atoms with Crippen LogP contribution in [0.4, 0.5) is 4.39 Å². The van der Waals surface area contributed by atoms with Crippen molar-refractivity contribution in [3.63, 3.8) is 0 Å². The van der Waals surface area contributed by atoms with E-state index in [2.05, 4.69) is 4.98 Å². The molecule has 2 aromatic heterocycles. The van der Waals surface area contributed by atoms with Crippen LogP contribution in [0.15, 0.2) is 47.0 Å². The van der Waals surface area contributed by atoms with Crippen molar-refractivity contribution in [2.24, 2.45) is 0 Å². The monoisotopic (exact) mass is 355 g/mol. The van der Waals surface area contributed by atoms with Gasteiger partial charge in [0.25, 0.3) is 0 Å². The molecule has 1 aromatic carbocycles. The van der Waals surface area contributed by atoms with Gasteiger partial charge in [-0.25, -0.2) is 4.39 Å². The summed E-state index contributed by atoms with van der Waals surface area (Å²) >= 11 is 0. The first-order valence-electron chi connectivity index (χ1n) is 7.99. The second-order valence-corrected chi connectivity index (χ2v) is 5.72. The highest BCUT2D eigenvalue weighted by molar-refractivity contribution is 6.09. The van der Waals surface area contributed by atoms with Gasteiger partial charge in [0.05, 0.1) is 25.5 Å². The van der Waals surface area contributed by atoms with E-state index in [0.29, 0.717) is 29.4 Å². The molecular weight excluding hydrogens is 337 g/mol. The summed E-state index contributed by atoms with van der Waals surface area (Å²) in [5.74, 6) is 0.868. The van der Waals surface area contributed by atoms with Crippen molar-refractivity contribution >= 4 is 5.78 Å². The number of hydrogen-bond acceptors (Lipinski definition) is 5. The molecule has 0 unspecified atom stereocenters. The van der Waals surface area contributed by atoms with Gasteiger partial charge < -0.3 is 13.9 Å². The van der Waals surface area contributed by atoms with E-state index >= 15 is 0 Å². The Bertz CT molecular complexity index is 931. The summed E-state index contributed by atoms with van der Waals surface area (Å²) in [5, 5.41) is 0. The smallest absolute Gasteiger partial charge is 0.233 e. The average Bonchev–Trinajstić information content (AvgIpc) is 3.11. The first-order valence-corrected chi connectivity index (χ1v) is 7.99. The van der Waals surface area contributed by atoms with Gasteiger partial charge >= 0.3 is 0 Å². The SMILES string of the molecule is COc1c(C(=O)c2ccc(Cc3ccc(F)cc3)o2)cnc(C)c1OC. The maximum absolute atomic E-state index is 13.0. The molecule has 0 saturated heterocycles. The fourth-order valence-corrected chi connectivity index (χ4v) is 2.70. The van der Waals surface area contributed by atoms with Crippen LogP contribution < -0.4 is 9.47 Å². The Kier molecular flexibility index (Phi) is 5.02. The number of pyridine rings is 1. The molecular formula is C20H18FNO4. The number of benzene rings is 1. The Balaban J connectivity index is 1.87. The van der Waals surface area contributed by atoms with Crippen LogP contribution in [-0.4, -0.2) is 25.0 Å². The molecule has 0 aliphatic carbocycles. The highest BCUT2D eigenvalue weighted by Crippen LogP contribution is 2.34. The number of hydrogen-bond donors (Lipinski definition) is 0. The molecule has 0 spiro atoms. The average molecular weight is 355 g/mol. The molecule has 3 rings (SSSR count). The normalized spacial score (nSPS) is 10.6. The van der Waals surface area contributed by atoms with Crippen molar-refractivity contribution < 1.29 is 23.1 Å². The maximum Gasteiger partial charge on any atom is 0.233 e. The number of carbonyl (C=O) groups excluding carboxylic acids is 1. The number of methoxy groups -OCH3 is 2. The molecule has 6 heteroatoms. The van der Waals surface area contributed by atoms with Crippen LogP contribution in [0.1, 0.15) is 33.1 Å². The standard InChI is InChI=1S/C20H18FNO4/c1-12-19(24-2)20(25-3)16(11-22-12)18(23)17-9-8-15(26-17)10-13-4-6-14(21)7-5-13/h4-9,11H,10H2,1-3H3. The number of nitrogens with zero attached hydrogens (tertiary/aromatic N) is 1. The number of ether oxygens (including phenoxy) is 2. The molecule has 2 heterocycles. The van der Waals surface area contributed by atoms with Gasteiger partial charge in [-0.1, -0.05) is 12.1 Å². The Morgan fingerprint density at radius 2 is 1.77 bits per heavy atom. The molecule has 0 atom stereocenters. The van der Waals surface area contributed by atoms with Gasteiger partial charge in [0.15, 0.2) is 17.3 Å². The number of ketones is 1. The summed E-state index contributed by atoms with van der Waals surface area (Å²) in [5.41, 5.74) is 1.77. The topological polar surface area (TPSA) is 61.6 Å². The number of halogens is 1. The quantitative estimate of drug-likeness (QED) is 0.626. The van der Waals surface area contributed by atoms with E-state index in [9.17, 15) is 9.18 Å². The molecule has 3 aromatic rings. The van der Waals surface area contributed by atoms with Gasteiger partial charge in [-0.3, -0.25) is 9.78 Å². The van der Waals surface area contributed by atoms with Crippen LogP contribution >= 0.6 is 0 Å². The zero-order valence-electron chi connectivity index (χ0n) is 14.7. The lowest BCUT2D eigenvalue weighted by Crippen LogP contribution is -2.06. The first kappa shape index (κ1) is 17.7. The van der Waals surface area contributed by atoms with Crippen molar-refractivity contribution in [2.75, 3.05) is 14.2 Å². The van der Waals surface area contributed by atoms with Crippen LogP contribution in [0.3, 0.4) is 0 Å². The molecule has 0 radical (unpaired) electrons. The third-order valence-corrected chi connectivity index (χ3v) is 4.00. The third kappa shape index (κ3) is 3.44. The molecule has 0 N–H and O–H groups in total. The summed E-state index contributed by atoms with van der Waals surface area (Å²) in [7, 11) is 2.96. The van der Waals surface area contributed by atoms with Crippen molar-refractivity contribution in [2.45, 2.75) is 13.3 Å². The number of aryl methyl sites for hydroxylation is 1. The van der Waals surface area contributed by atoms with Gasteiger partial charge in [0, 0.05) is 12.6 Å². The summed E-state index contributed by atoms with van der Waals surface area (Å²) in [6.45, 7) is 1.77. The van der Waals surface area contributed by atoms with Crippen molar-refractivity contribution in [3.05, 3.63) is 76.8 Å². The molecule has 0 aliphatic heterocycles. The second kappa shape index (κ2) is 7.39. The summed E-state index contributed by atoms with van der Waals surface area (Å²) < 4.78 is 29.3. The van der Waals surface area contributed by atoms with E-state index < -0.39 is 0 Å². The molecule has 0 saturated carbocycles. The minimum Gasteiger partial charge on any atom is -0.492 e. The van der Waals surface area contributed by atoms with E-state index in [1.54, 1.807) is 31.2 Å². The summed E-state index contributed by atoms with van der Waals surface area (Å²) in [6.07, 6.45) is 1.90. The lowest BCUT2D eigenvalue weighted by molar-refractivity contribution is 0.100. The highest BCUT2D eigenvalue weighted by atomic mass is 19.1. The van der Waals surface area contributed by atoms with Crippen LogP contribution in [0.25, 0.3) is 0 Å². The molecule has 0 aliphatic rings. The van der Waals surface area contributed by atoms with E-state index in [4.69, 9.17) is 13.9 Å². The Hall–Kier alpha value is -3.15. The van der Waals surface area contributed by atoms with Crippen molar-refractivity contribution in [3.8, 4) is 11.5 Å². The summed E-state index contributed by atoms with van der Waals surface area (Å²) in [6, 6.07) is 9.46. The zero-order valence-corrected chi connectivity index (χ0v) is 14.7. The lowest BCUT2D eigenvalue weighted by Gasteiger charge is -2.12. The van der Waals surface area contributed by atoms with Crippen LogP contribution in [0.2, 0.25) is 0 Å². The fourth-order valence-electron chi connectivity index (χ4n) is 2.70. The predicted molar refractivity (Wildman–Crippen MR) is 93.4 cm³/mol. The Morgan fingerprint density at radius 1 is 1.08 bits per heavy atom. The maximum atomic E-state index is 13.0. The van der Waals surface area contributed by atoms with Gasteiger partial charge in [-0.2, -0.15) is 0 Å². The molecule has 134 valence electrons. The minimum atomic E-state index is -0.349. The number of carbonyl (C=O) groups is 1. The predicted octanol–water partition coefficient (Wildman–Crippen LogP) is 3.96. The van der Waals surface area contributed by atoms with E-state index in [-0.39, 0.29) is 22.9 Å². The van der Waals surface area contributed by atoms with Crippen LogP contribution in [-0.2, 0) is 6.42 Å². The highest BCUT2D eigenvalue weighted by Gasteiger charge is 2.23. The number of aromatic nitrogens is 1. The van der Waals surface area contributed by atoms with E-state index in [1.165, 1.54) is 32.5 Å². The molecule has 5 nitrogen and oxygen atoms in total. The molecule has 0 amide bonds.